The highest BCUT2D eigenvalue weighted by molar-refractivity contribution is 8.01. The molecule has 1 N–H and O–H groups in total. The lowest BCUT2D eigenvalue weighted by Gasteiger charge is -2.21. The highest BCUT2D eigenvalue weighted by Gasteiger charge is 2.37. The number of nitrogens with one attached hydrogen (secondary N) is 1. The number of benzene rings is 2. The smallest absolute Gasteiger partial charge is 0.240 e. The van der Waals surface area contributed by atoms with Crippen molar-refractivity contribution in [2.24, 2.45) is 0 Å². The second-order valence-electron chi connectivity index (χ2n) is 6.93. The number of hydrogen-bond acceptors (Lipinski definition) is 9. The molecular formula is C20H17ClN4O4S4. The van der Waals surface area contributed by atoms with Gasteiger partial charge in [0.15, 0.2) is 14.2 Å². The summed E-state index contributed by atoms with van der Waals surface area (Å²) in [6.07, 6.45) is 1.12. The van der Waals surface area contributed by atoms with Crippen molar-refractivity contribution >= 4 is 78.9 Å². The Morgan fingerprint density at radius 2 is 1.94 bits per heavy atom. The molecule has 0 spiro atoms. The molecule has 172 valence electrons. The molecule has 2 heterocycles. The van der Waals surface area contributed by atoms with Crippen LogP contribution in [0.5, 0.6) is 0 Å². The van der Waals surface area contributed by atoms with Gasteiger partial charge in [0, 0.05) is 22.5 Å². The predicted molar refractivity (Wildman–Crippen MR) is 133 cm³/mol. The van der Waals surface area contributed by atoms with Crippen LogP contribution in [-0.2, 0) is 19.4 Å². The second kappa shape index (κ2) is 10.0. The van der Waals surface area contributed by atoms with Gasteiger partial charge in [-0.25, -0.2) is 8.42 Å². The molecule has 1 atom stereocenters. The van der Waals surface area contributed by atoms with Crippen molar-refractivity contribution in [1.29, 1.82) is 0 Å². The quantitative estimate of drug-likeness (QED) is 0.352. The van der Waals surface area contributed by atoms with E-state index in [0.29, 0.717) is 25.9 Å². The molecule has 2 amide bonds. The van der Waals surface area contributed by atoms with Crippen LogP contribution < -0.4 is 10.2 Å². The molecule has 0 saturated carbocycles. The van der Waals surface area contributed by atoms with E-state index in [1.54, 1.807) is 11.0 Å². The van der Waals surface area contributed by atoms with Crippen molar-refractivity contribution in [3.05, 3.63) is 59.1 Å². The molecule has 0 radical (unpaired) electrons. The molecule has 3 aromatic rings. The molecule has 13 heteroatoms. The van der Waals surface area contributed by atoms with Crippen LogP contribution in [0.2, 0.25) is 5.02 Å². The van der Waals surface area contributed by atoms with E-state index in [1.807, 2.05) is 18.2 Å². The van der Waals surface area contributed by atoms with Gasteiger partial charge in [-0.05, 0) is 30.3 Å². The third-order valence-electron chi connectivity index (χ3n) is 4.53. The van der Waals surface area contributed by atoms with Crippen LogP contribution in [0.3, 0.4) is 0 Å². The van der Waals surface area contributed by atoms with Crippen LogP contribution in [0.4, 0.5) is 10.8 Å². The molecular weight excluding hydrogens is 524 g/mol. The Balaban J connectivity index is 1.39. The number of aromatic nitrogens is 2. The van der Waals surface area contributed by atoms with E-state index in [-0.39, 0.29) is 27.8 Å². The minimum absolute atomic E-state index is 0.0760. The Hall–Kier alpha value is -2.12. The Morgan fingerprint density at radius 3 is 2.64 bits per heavy atom. The molecule has 1 aliphatic heterocycles. The SMILES string of the molecule is CS(=O)(=O)c1ccc(NC(=O)CSc2nnc(N3C(=O)CSC3c3ccccc3Cl)s2)cc1. The summed E-state index contributed by atoms with van der Waals surface area (Å²) in [4.78, 5) is 26.6. The first-order valence-electron chi connectivity index (χ1n) is 9.47. The summed E-state index contributed by atoms with van der Waals surface area (Å²) in [7, 11) is -3.29. The largest absolute Gasteiger partial charge is 0.325 e. The molecule has 8 nitrogen and oxygen atoms in total. The third kappa shape index (κ3) is 5.69. The standard InChI is InChI=1S/C20H17ClN4O4S4/c1-33(28,29)13-8-6-12(7-9-13)22-16(26)10-31-20-24-23-19(32-20)25-17(27)11-30-18(25)14-4-2-3-5-15(14)21/h2-9,18H,10-11H2,1H3,(H,22,26). The topological polar surface area (TPSA) is 109 Å². The molecule has 1 aliphatic rings. The number of anilines is 2. The summed E-state index contributed by atoms with van der Waals surface area (Å²) in [5.74, 6) is 0.0518. The van der Waals surface area contributed by atoms with E-state index < -0.39 is 9.84 Å². The number of carbonyl (C=O) groups excluding carboxylic acids is 2. The van der Waals surface area contributed by atoms with E-state index in [9.17, 15) is 18.0 Å². The third-order valence-corrected chi connectivity index (χ3v) is 9.26. The minimum atomic E-state index is -3.29. The van der Waals surface area contributed by atoms with Gasteiger partial charge in [0.05, 0.1) is 16.4 Å². The molecule has 0 bridgehead atoms. The molecule has 2 aromatic carbocycles. The Morgan fingerprint density at radius 1 is 1.21 bits per heavy atom. The highest BCUT2D eigenvalue weighted by atomic mass is 35.5. The Labute approximate surface area is 208 Å². The second-order valence-corrected chi connectivity index (χ2v) is 12.6. The summed E-state index contributed by atoms with van der Waals surface area (Å²) in [5.41, 5.74) is 1.33. The zero-order chi connectivity index (χ0) is 23.6. The maximum atomic E-state index is 12.5. The maximum absolute atomic E-state index is 12.5. The molecule has 4 rings (SSSR count). The number of nitrogens with zero attached hydrogens (tertiary/aromatic N) is 3. The molecule has 33 heavy (non-hydrogen) atoms. The van der Waals surface area contributed by atoms with E-state index in [0.717, 1.165) is 11.8 Å². The van der Waals surface area contributed by atoms with Crippen molar-refractivity contribution in [3.8, 4) is 0 Å². The van der Waals surface area contributed by atoms with Crippen LogP contribution in [0, 0.1) is 0 Å². The fraction of sp³-hybridized carbons (Fsp3) is 0.200. The number of carbonyl (C=O) groups is 2. The average molecular weight is 541 g/mol. The van der Waals surface area contributed by atoms with Gasteiger partial charge in [-0.3, -0.25) is 14.5 Å². The van der Waals surface area contributed by atoms with Crippen molar-refractivity contribution in [2.75, 3.05) is 28.0 Å². The number of rotatable bonds is 7. The first-order chi connectivity index (χ1) is 15.7. The maximum Gasteiger partial charge on any atom is 0.240 e. The average Bonchev–Trinajstić information content (AvgIpc) is 3.38. The molecule has 1 saturated heterocycles. The van der Waals surface area contributed by atoms with E-state index in [1.165, 1.54) is 59.1 Å². The van der Waals surface area contributed by atoms with Crippen LogP contribution in [-0.4, -0.2) is 48.2 Å². The van der Waals surface area contributed by atoms with Crippen molar-refractivity contribution in [1.82, 2.24) is 10.2 Å². The summed E-state index contributed by atoms with van der Waals surface area (Å²) in [6.45, 7) is 0. The normalized spacial score (nSPS) is 16.2. The van der Waals surface area contributed by atoms with Gasteiger partial charge in [0.1, 0.15) is 5.37 Å². The van der Waals surface area contributed by atoms with E-state index in [4.69, 9.17) is 11.6 Å². The number of amides is 2. The lowest BCUT2D eigenvalue weighted by Crippen LogP contribution is -2.27. The molecule has 1 fully saturated rings. The van der Waals surface area contributed by atoms with Gasteiger partial charge in [0.25, 0.3) is 0 Å². The van der Waals surface area contributed by atoms with Gasteiger partial charge in [0.2, 0.25) is 16.9 Å². The highest BCUT2D eigenvalue weighted by Crippen LogP contribution is 2.45. The fourth-order valence-corrected chi connectivity index (χ4v) is 6.88. The summed E-state index contributed by atoms with van der Waals surface area (Å²) in [5, 5.41) is 11.7. The first kappa shape index (κ1) is 24.0. The first-order valence-corrected chi connectivity index (χ1v) is 14.6. The van der Waals surface area contributed by atoms with Gasteiger partial charge in [-0.15, -0.1) is 22.0 Å². The summed E-state index contributed by atoms with van der Waals surface area (Å²) >= 11 is 10.2. The van der Waals surface area contributed by atoms with Crippen molar-refractivity contribution in [3.63, 3.8) is 0 Å². The number of halogens is 1. The van der Waals surface area contributed by atoms with Gasteiger partial charge in [-0.1, -0.05) is 52.9 Å². The molecule has 0 aliphatic carbocycles. The lowest BCUT2D eigenvalue weighted by atomic mass is 10.2. The number of thioether (sulfide) groups is 2. The van der Waals surface area contributed by atoms with Crippen LogP contribution in [0.15, 0.2) is 57.8 Å². The summed E-state index contributed by atoms with van der Waals surface area (Å²) < 4.78 is 23.6. The van der Waals surface area contributed by atoms with Crippen LogP contribution in [0.25, 0.3) is 0 Å². The predicted octanol–water partition coefficient (Wildman–Crippen LogP) is 4.10. The Kier molecular flexibility index (Phi) is 7.29. The number of hydrogen-bond donors (Lipinski definition) is 1. The minimum Gasteiger partial charge on any atom is -0.325 e. The fourth-order valence-electron chi connectivity index (χ4n) is 3.00. The van der Waals surface area contributed by atoms with Gasteiger partial charge >= 0.3 is 0 Å². The molecule has 1 aromatic heterocycles. The number of sulfone groups is 1. The van der Waals surface area contributed by atoms with Crippen LogP contribution in [0.1, 0.15) is 10.9 Å². The molecule has 1 unspecified atom stereocenters. The monoisotopic (exact) mass is 540 g/mol. The van der Waals surface area contributed by atoms with Crippen LogP contribution >= 0.6 is 46.5 Å². The van der Waals surface area contributed by atoms with Crippen molar-refractivity contribution in [2.45, 2.75) is 14.6 Å². The van der Waals surface area contributed by atoms with Gasteiger partial charge < -0.3 is 5.32 Å². The Bertz CT molecular complexity index is 1300. The zero-order valence-electron chi connectivity index (χ0n) is 17.1. The van der Waals surface area contributed by atoms with Gasteiger partial charge in [-0.2, -0.15) is 0 Å². The van der Waals surface area contributed by atoms with E-state index >= 15 is 0 Å². The lowest BCUT2D eigenvalue weighted by molar-refractivity contribution is -0.116. The van der Waals surface area contributed by atoms with Crippen molar-refractivity contribution < 1.29 is 18.0 Å². The van der Waals surface area contributed by atoms with E-state index in [2.05, 4.69) is 15.5 Å². The summed E-state index contributed by atoms with van der Waals surface area (Å²) in [6, 6.07) is 13.3. The zero-order valence-corrected chi connectivity index (χ0v) is 21.1.